The Morgan fingerprint density at radius 3 is 2.40 bits per heavy atom. The molecule has 0 aromatic rings. The molecule has 0 N–H and O–H groups in total. The maximum atomic E-state index is 12.3. The summed E-state index contributed by atoms with van der Waals surface area (Å²) in [5.74, 6) is -2.97. The summed E-state index contributed by atoms with van der Waals surface area (Å²) in [5.41, 5.74) is 0. The molecule has 0 heterocycles. The van der Waals surface area contributed by atoms with Gasteiger partial charge in [0.2, 0.25) is 5.83 Å². The number of allylic oxidation sites excluding steroid dienone is 1. The van der Waals surface area contributed by atoms with E-state index in [1.54, 1.807) is 6.92 Å². The molecule has 3 nitrogen and oxygen atoms in total. The van der Waals surface area contributed by atoms with Gasteiger partial charge in [0.15, 0.2) is 0 Å². The van der Waals surface area contributed by atoms with Crippen molar-refractivity contribution in [3.63, 3.8) is 0 Å². The highest BCUT2D eigenvalue weighted by atomic mass is 19.4. The van der Waals surface area contributed by atoms with E-state index in [0.29, 0.717) is 0 Å². The Kier molecular flexibility index (Phi) is 5.10. The molecule has 7 heteroatoms. The number of ether oxygens (including phenoxy) is 1. The van der Waals surface area contributed by atoms with E-state index >= 15 is 0 Å². The van der Waals surface area contributed by atoms with Gasteiger partial charge in [-0.2, -0.15) is 13.2 Å². The molecule has 0 bridgehead atoms. The molecule has 88 valence electrons. The van der Waals surface area contributed by atoms with Gasteiger partial charge in [0.05, 0.1) is 6.61 Å². The molecule has 0 aliphatic carbocycles. The zero-order chi connectivity index (χ0) is 12.1. The lowest BCUT2D eigenvalue weighted by Crippen LogP contribution is -2.24. The van der Waals surface area contributed by atoms with Crippen molar-refractivity contribution < 1.29 is 27.1 Å². The van der Waals surface area contributed by atoms with Crippen molar-refractivity contribution >= 4 is 5.97 Å². The average molecular weight is 229 g/mol. The Morgan fingerprint density at radius 2 is 2.00 bits per heavy atom. The van der Waals surface area contributed by atoms with Crippen LogP contribution < -0.4 is 0 Å². The third-order valence-electron chi connectivity index (χ3n) is 1.29. The van der Waals surface area contributed by atoms with E-state index in [2.05, 4.69) is 4.74 Å². The van der Waals surface area contributed by atoms with Gasteiger partial charge in [-0.15, -0.1) is 0 Å². The van der Waals surface area contributed by atoms with Crippen molar-refractivity contribution in [3.05, 3.63) is 12.0 Å². The van der Waals surface area contributed by atoms with Gasteiger partial charge in [0.25, 0.3) is 0 Å². The zero-order valence-electron chi connectivity index (χ0n) is 8.27. The largest absolute Gasteiger partial charge is 0.465 e. The summed E-state index contributed by atoms with van der Waals surface area (Å²) in [4.78, 5) is 11.6. The summed E-state index contributed by atoms with van der Waals surface area (Å²) in [6, 6.07) is 0. The van der Waals surface area contributed by atoms with Crippen LogP contribution >= 0.6 is 0 Å². The fourth-order valence-electron chi connectivity index (χ4n) is 0.723. The number of carbonyl (C=O) groups is 1. The molecule has 0 fully saturated rings. The van der Waals surface area contributed by atoms with Crippen LogP contribution in [-0.4, -0.2) is 37.2 Å². The van der Waals surface area contributed by atoms with Crippen molar-refractivity contribution in [3.8, 4) is 0 Å². The predicted octanol–water partition coefficient (Wildman–Crippen LogP) is 1.85. The summed E-state index contributed by atoms with van der Waals surface area (Å²) in [5, 5.41) is 0. The van der Waals surface area contributed by atoms with Gasteiger partial charge in [-0.1, -0.05) is 0 Å². The number of hydrogen-bond acceptors (Lipinski definition) is 3. The normalized spacial score (nSPS) is 12.5. The molecular weight excluding hydrogens is 218 g/mol. The van der Waals surface area contributed by atoms with Crippen LogP contribution in [0.5, 0.6) is 0 Å². The minimum atomic E-state index is -5.02. The van der Waals surface area contributed by atoms with Crippen LogP contribution in [0.1, 0.15) is 6.92 Å². The molecule has 0 radical (unpaired) electrons. The number of likely N-dealkylation sites (N-methyl/N-ethyl adjacent to an activating group) is 1. The molecule has 0 aromatic heterocycles. The van der Waals surface area contributed by atoms with Gasteiger partial charge >= 0.3 is 12.1 Å². The lowest BCUT2D eigenvalue weighted by Gasteiger charge is -2.13. The maximum Gasteiger partial charge on any atom is 0.444 e. The number of hydrogen-bond donors (Lipinski definition) is 0. The van der Waals surface area contributed by atoms with Gasteiger partial charge in [-0.3, -0.25) is 4.79 Å². The van der Waals surface area contributed by atoms with Crippen molar-refractivity contribution in [1.29, 1.82) is 0 Å². The molecule has 0 aliphatic heterocycles. The summed E-state index contributed by atoms with van der Waals surface area (Å²) in [6.07, 6.45) is -4.82. The smallest absolute Gasteiger partial charge is 0.444 e. The molecule has 0 rings (SSSR count). The van der Waals surface area contributed by atoms with Crippen molar-refractivity contribution in [2.45, 2.75) is 13.1 Å². The maximum absolute atomic E-state index is 12.3. The fourth-order valence-corrected chi connectivity index (χ4v) is 0.723. The minimum absolute atomic E-state index is 0.123. The van der Waals surface area contributed by atoms with E-state index in [4.69, 9.17) is 0 Å². The van der Waals surface area contributed by atoms with Gasteiger partial charge in [-0.05, 0) is 6.92 Å². The topological polar surface area (TPSA) is 29.5 Å². The molecule has 0 amide bonds. The lowest BCUT2D eigenvalue weighted by atomic mass is 10.5. The van der Waals surface area contributed by atoms with Gasteiger partial charge in [0, 0.05) is 13.2 Å². The van der Waals surface area contributed by atoms with Crippen molar-refractivity contribution in [2.75, 3.05) is 20.2 Å². The number of rotatable bonds is 4. The monoisotopic (exact) mass is 229 g/mol. The predicted molar refractivity (Wildman–Crippen MR) is 44.5 cm³/mol. The summed E-state index contributed by atoms with van der Waals surface area (Å²) in [7, 11) is 1.14. The Bertz CT molecular complexity index is 250. The molecule has 0 spiro atoms. The number of nitrogens with zero attached hydrogens (tertiary/aromatic N) is 1. The number of halogens is 4. The average Bonchev–Trinajstić information content (AvgIpc) is 2.01. The van der Waals surface area contributed by atoms with E-state index in [1.807, 2.05) is 0 Å². The third-order valence-corrected chi connectivity index (χ3v) is 1.29. The summed E-state index contributed by atoms with van der Waals surface area (Å²) < 4.78 is 51.9. The molecule has 0 unspecified atom stereocenters. The van der Waals surface area contributed by atoms with Crippen LogP contribution in [0.2, 0.25) is 0 Å². The van der Waals surface area contributed by atoms with Crippen molar-refractivity contribution in [2.24, 2.45) is 0 Å². The van der Waals surface area contributed by atoms with Crippen LogP contribution in [0.3, 0.4) is 0 Å². The highest BCUT2D eigenvalue weighted by Crippen LogP contribution is 2.26. The van der Waals surface area contributed by atoms with Gasteiger partial charge < -0.3 is 9.64 Å². The first-order valence-electron chi connectivity index (χ1n) is 4.07. The van der Waals surface area contributed by atoms with Gasteiger partial charge in [-0.25, -0.2) is 4.39 Å². The van der Waals surface area contributed by atoms with E-state index in [-0.39, 0.29) is 12.8 Å². The second-order valence-corrected chi connectivity index (χ2v) is 2.69. The summed E-state index contributed by atoms with van der Waals surface area (Å²) in [6.45, 7) is 1.25. The SMILES string of the molecule is CCOC(=O)CN(C)/C=C(\F)C(F)(F)F. The van der Waals surface area contributed by atoms with Crippen LogP contribution in [0.4, 0.5) is 17.6 Å². The quantitative estimate of drug-likeness (QED) is 0.544. The Morgan fingerprint density at radius 1 is 1.47 bits per heavy atom. The van der Waals surface area contributed by atoms with E-state index in [1.165, 1.54) is 0 Å². The Balaban J connectivity index is 4.24. The van der Waals surface area contributed by atoms with Gasteiger partial charge in [0.1, 0.15) is 6.54 Å². The first-order chi connectivity index (χ1) is 6.77. The fraction of sp³-hybridized carbons (Fsp3) is 0.625. The first kappa shape index (κ1) is 13.7. The first-order valence-corrected chi connectivity index (χ1v) is 4.07. The standard InChI is InChI=1S/C8H11F4NO2/c1-3-15-7(14)5-13(2)4-6(9)8(10,11)12/h4H,3,5H2,1-2H3/b6-4-. The van der Waals surface area contributed by atoms with Crippen LogP contribution in [-0.2, 0) is 9.53 Å². The number of esters is 1. The van der Waals surface area contributed by atoms with E-state index in [9.17, 15) is 22.4 Å². The number of carbonyl (C=O) groups excluding carboxylic acids is 1. The van der Waals surface area contributed by atoms with E-state index < -0.39 is 24.5 Å². The molecular formula is C8H11F4NO2. The molecule has 15 heavy (non-hydrogen) atoms. The Hall–Kier alpha value is -1.27. The zero-order valence-corrected chi connectivity index (χ0v) is 8.27. The van der Waals surface area contributed by atoms with Crippen molar-refractivity contribution in [1.82, 2.24) is 4.90 Å². The van der Waals surface area contributed by atoms with E-state index in [0.717, 1.165) is 11.9 Å². The molecule has 0 atom stereocenters. The molecule has 0 saturated heterocycles. The van der Waals surface area contributed by atoms with Crippen LogP contribution in [0.25, 0.3) is 0 Å². The summed E-state index contributed by atoms with van der Waals surface area (Å²) >= 11 is 0. The second kappa shape index (κ2) is 5.57. The third kappa shape index (κ3) is 5.92. The lowest BCUT2D eigenvalue weighted by molar-refractivity contribution is -0.143. The molecule has 0 saturated carbocycles. The highest BCUT2D eigenvalue weighted by Gasteiger charge is 2.35. The molecule has 0 aromatic carbocycles. The minimum Gasteiger partial charge on any atom is -0.465 e. The highest BCUT2D eigenvalue weighted by molar-refractivity contribution is 5.71. The second-order valence-electron chi connectivity index (χ2n) is 2.69. The number of alkyl halides is 3. The molecule has 0 aliphatic rings. The van der Waals surface area contributed by atoms with Crippen LogP contribution in [0.15, 0.2) is 12.0 Å². The van der Waals surface area contributed by atoms with Crippen LogP contribution in [0, 0.1) is 0 Å². The Labute approximate surface area is 84.3 Å².